The highest BCUT2D eigenvalue weighted by Crippen LogP contribution is 2.28. The first-order chi connectivity index (χ1) is 12.1. The summed E-state index contributed by atoms with van der Waals surface area (Å²) in [6.45, 7) is 1.44. The van der Waals surface area contributed by atoms with E-state index in [0.29, 0.717) is 17.2 Å². The van der Waals surface area contributed by atoms with Gasteiger partial charge in [0.25, 0.3) is 0 Å². The van der Waals surface area contributed by atoms with Gasteiger partial charge in [0, 0.05) is 23.7 Å². The third-order valence-electron chi connectivity index (χ3n) is 3.56. The average Bonchev–Trinajstić information content (AvgIpc) is 2.62. The zero-order chi connectivity index (χ0) is 17.8. The number of anilines is 2. The number of nitrogens with two attached hydrogens (primary N) is 1. The van der Waals surface area contributed by atoms with Gasteiger partial charge >= 0.3 is 0 Å². The number of carbonyl (C=O) groups is 1. The Kier molecular flexibility index (Phi) is 4.40. The molecule has 6 heteroatoms. The third-order valence-corrected chi connectivity index (χ3v) is 3.56. The number of hydrogen-bond acceptors (Lipinski definition) is 5. The Morgan fingerprint density at radius 3 is 2.32 bits per heavy atom. The number of nitrogen functional groups attached to an aromatic ring is 1. The normalized spacial score (nSPS) is 10.1. The van der Waals surface area contributed by atoms with Gasteiger partial charge in [0.05, 0.1) is 5.69 Å². The smallest absolute Gasteiger partial charge is 0.221 e. The summed E-state index contributed by atoms with van der Waals surface area (Å²) in [7, 11) is 0. The van der Waals surface area contributed by atoms with Gasteiger partial charge in [-0.2, -0.15) is 5.26 Å². The standard InChI is InChI=1S/C19H15N5O/c1-12(25)22-15-9-7-13(8-10-15)17-16(11-20)18(21)24-19(23-17)14-5-3-2-4-6-14/h2-10H,1H3,(H,22,25)(H2,21,23,24). The molecule has 1 amide bonds. The molecule has 3 aromatic rings. The molecule has 0 saturated heterocycles. The van der Waals surface area contributed by atoms with E-state index in [2.05, 4.69) is 21.4 Å². The Hall–Kier alpha value is -3.72. The van der Waals surface area contributed by atoms with Gasteiger partial charge in [0.15, 0.2) is 5.82 Å². The van der Waals surface area contributed by atoms with Crippen LogP contribution in [0.3, 0.4) is 0 Å². The number of nitrogens with zero attached hydrogens (tertiary/aromatic N) is 3. The molecule has 0 radical (unpaired) electrons. The van der Waals surface area contributed by atoms with Crippen molar-refractivity contribution in [1.29, 1.82) is 5.26 Å². The Labute approximate surface area is 145 Å². The Morgan fingerprint density at radius 2 is 1.72 bits per heavy atom. The Morgan fingerprint density at radius 1 is 1.04 bits per heavy atom. The van der Waals surface area contributed by atoms with Crippen molar-refractivity contribution >= 4 is 17.4 Å². The number of aromatic nitrogens is 2. The molecule has 0 saturated carbocycles. The van der Waals surface area contributed by atoms with E-state index in [0.717, 1.165) is 11.1 Å². The van der Waals surface area contributed by atoms with E-state index >= 15 is 0 Å². The van der Waals surface area contributed by atoms with Crippen molar-refractivity contribution in [2.45, 2.75) is 6.92 Å². The van der Waals surface area contributed by atoms with Crippen LogP contribution in [0.25, 0.3) is 22.6 Å². The monoisotopic (exact) mass is 329 g/mol. The number of benzene rings is 2. The quantitative estimate of drug-likeness (QED) is 0.767. The van der Waals surface area contributed by atoms with Crippen LogP contribution in [0.4, 0.5) is 11.5 Å². The lowest BCUT2D eigenvalue weighted by Crippen LogP contribution is -2.05. The molecule has 0 aliphatic carbocycles. The summed E-state index contributed by atoms with van der Waals surface area (Å²) in [6.07, 6.45) is 0. The maximum atomic E-state index is 11.1. The lowest BCUT2D eigenvalue weighted by molar-refractivity contribution is -0.114. The summed E-state index contributed by atoms with van der Waals surface area (Å²) in [4.78, 5) is 19.9. The lowest BCUT2D eigenvalue weighted by atomic mass is 10.1. The number of nitrogens with one attached hydrogen (secondary N) is 1. The van der Waals surface area contributed by atoms with Crippen LogP contribution in [0.5, 0.6) is 0 Å². The number of carbonyl (C=O) groups excluding carboxylic acids is 1. The topological polar surface area (TPSA) is 105 Å². The largest absolute Gasteiger partial charge is 0.382 e. The first-order valence-electron chi connectivity index (χ1n) is 7.59. The second-order valence-electron chi connectivity index (χ2n) is 5.39. The molecule has 0 fully saturated rings. The molecule has 0 aliphatic rings. The zero-order valence-electron chi connectivity index (χ0n) is 13.5. The summed E-state index contributed by atoms with van der Waals surface area (Å²) < 4.78 is 0. The highest BCUT2D eigenvalue weighted by Gasteiger charge is 2.15. The van der Waals surface area contributed by atoms with Gasteiger partial charge in [-0.05, 0) is 12.1 Å². The van der Waals surface area contributed by atoms with Crippen LogP contribution in [0.2, 0.25) is 0 Å². The van der Waals surface area contributed by atoms with Crippen LogP contribution >= 0.6 is 0 Å². The van der Waals surface area contributed by atoms with E-state index in [1.54, 1.807) is 24.3 Å². The van der Waals surface area contributed by atoms with Gasteiger partial charge in [-0.1, -0.05) is 42.5 Å². The molecule has 2 aromatic carbocycles. The Bertz CT molecular complexity index is 960. The SMILES string of the molecule is CC(=O)Nc1ccc(-c2nc(-c3ccccc3)nc(N)c2C#N)cc1. The molecule has 1 heterocycles. The van der Waals surface area contributed by atoms with Crippen LogP contribution in [0.1, 0.15) is 12.5 Å². The molecule has 1 aromatic heterocycles. The van der Waals surface area contributed by atoms with Gasteiger partial charge in [-0.15, -0.1) is 0 Å². The highest BCUT2D eigenvalue weighted by molar-refractivity contribution is 5.89. The van der Waals surface area contributed by atoms with Crippen molar-refractivity contribution in [3.05, 3.63) is 60.2 Å². The number of rotatable bonds is 3. The van der Waals surface area contributed by atoms with Crippen molar-refractivity contribution < 1.29 is 4.79 Å². The molecule has 0 unspecified atom stereocenters. The first kappa shape index (κ1) is 16.1. The molecule has 0 spiro atoms. The van der Waals surface area contributed by atoms with Gasteiger partial charge in [0.1, 0.15) is 17.5 Å². The molecule has 25 heavy (non-hydrogen) atoms. The van der Waals surface area contributed by atoms with E-state index in [4.69, 9.17) is 5.73 Å². The Balaban J connectivity index is 2.10. The van der Waals surface area contributed by atoms with Gasteiger partial charge in [-0.25, -0.2) is 9.97 Å². The second-order valence-corrected chi connectivity index (χ2v) is 5.39. The molecule has 3 rings (SSSR count). The average molecular weight is 329 g/mol. The minimum absolute atomic E-state index is 0.136. The predicted octanol–water partition coefficient (Wildman–Crippen LogP) is 3.22. The number of nitriles is 1. The van der Waals surface area contributed by atoms with Crippen molar-refractivity contribution in [3.8, 4) is 28.7 Å². The third kappa shape index (κ3) is 3.46. The summed E-state index contributed by atoms with van der Waals surface area (Å²) in [6, 6.07) is 18.6. The fourth-order valence-corrected chi connectivity index (χ4v) is 2.43. The fraction of sp³-hybridized carbons (Fsp3) is 0.0526. The molecule has 0 aliphatic heterocycles. The molecule has 0 atom stereocenters. The summed E-state index contributed by atoms with van der Waals surface area (Å²) in [5, 5.41) is 12.1. The number of amides is 1. The van der Waals surface area contributed by atoms with Crippen molar-refractivity contribution in [2.24, 2.45) is 0 Å². The van der Waals surface area contributed by atoms with Crippen LogP contribution in [0.15, 0.2) is 54.6 Å². The van der Waals surface area contributed by atoms with Crippen LogP contribution in [-0.4, -0.2) is 15.9 Å². The predicted molar refractivity (Wildman–Crippen MR) is 96.3 cm³/mol. The minimum Gasteiger partial charge on any atom is -0.382 e. The van der Waals surface area contributed by atoms with Crippen LogP contribution < -0.4 is 11.1 Å². The molecule has 6 nitrogen and oxygen atoms in total. The second kappa shape index (κ2) is 6.81. The van der Waals surface area contributed by atoms with Gasteiger partial charge in [-0.3, -0.25) is 4.79 Å². The summed E-state index contributed by atoms with van der Waals surface area (Å²) in [5.41, 5.74) is 8.86. The van der Waals surface area contributed by atoms with Crippen molar-refractivity contribution in [2.75, 3.05) is 11.1 Å². The summed E-state index contributed by atoms with van der Waals surface area (Å²) >= 11 is 0. The van der Waals surface area contributed by atoms with E-state index in [1.165, 1.54) is 6.92 Å². The van der Waals surface area contributed by atoms with Gasteiger partial charge in [0.2, 0.25) is 5.91 Å². The van der Waals surface area contributed by atoms with E-state index < -0.39 is 0 Å². The minimum atomic E-state index is -0.150. The van der Waals surface area contributed by atoms with E-state index in [-0.39, 0.29) is 17.3 Å². The number of hydrogen-bond donors (Lipinski definition) is 2. The maximum Gasteiger partial charge on any atom is 0.221 e. The van der Waals surface area contributed by atoms with Gasteiger partial charge < -0.3 is 11.1 Å². The highest BCUT2D eigenvalue weighted by atomic mass is 16.1. The van der Waals surface area contributed by atoms with Crippen molar-refractivity contribution in [3.63, 3.8) is 0 Å². The molecule has 3 N–H and O–H groups in total. The molecular formula is C19H15N5O. The molecular weight excluding hydrogens is 314 g/mol. The zero-order valence-corrected chi connectivity index (χ0v) is 13.5. The molecule has 0 bridgehead atoms. The molecule has 122 valence electrons. The fourth-order valence-electron chi connectivity index (χ4n) is 2.43. The lowest BCUT2D eigenvalue weighted by Gasteiger charge is -2.10. The first-order valence-corrected chi connectivity index (χ1v) is 7.59. The summed E-state index contributed by atoms with van der Waals surface area (Å²) in [5.74, 6) is 0.443. The van der Waals surface area contributed by atoms with Crippen molar-refractivity contribution in [1.82, 2.24) is 9.97 Å². The van der Waals surface area contributed by atoms with Crippen LogP contribution in [0, 0.1) is 11.3 Å². The van der Waals surface area contributed by atoms with E-state index in [9.17, 15) is 10.1 Å². The van der Waals surface area contributed by atoms with Crippen LogP contribution in [-0.2, 0) is 4.79 Å². The maximum absolute atomic E-state index is 11.1. The van der Waals surface area contributed by atoms with E-state index in [1.807, 2.05) is 30.3 Å².